The predicted octanol–water partition coefficient (Wildman–Crippen LogP) is 5.15. The fraction of sp³-hybridized carbons (Fsp3) is 0.294. The van der Waals surface area contributed by atoms with E-state index in [0.717, 1.165) is 23.1 Å². The van der Waals surface area contributed by atoms with Gasteiger partial charge in [0.15, 0.2) is 0 Å². The van der Waals surface area contributed by atoms with Crippen LogP contribution >= 0.6 is 27.5 Å². The van der Waals surface area contributed by atoms with Crippen molar-refractivity contribution in [3.63, 3.8) is 0 Å². The minimum absolute atomic E-state index is 0.118. The normalized spacial score (nSPS) is 20.8. The minimum atomic E-state index is 0.118. The van der Waals surface area contributed by atoms with Crippen LogP contribution in [0.3, 0.4) is 0 Å². The molecular formula is C17H16BrClO. The topological polar surface area (TPSA) is 9.23 Å². The molecule has 3 rings (SSSR count). The molecule has 0 saturated heterocycles. The SMILES string of the molecule is COc1ccc(CC2Cc3ccccc3C2Cl)cc1Br. The van der Waals surface area contributed by atoms with Crippen LogP contribution in [-0.4, -0.2) is 7.11 Å². The number of rotatable bonds is 3. The minimum Gasteiger partial charge on any atom is -0.496 e. The molecule has 0 aliphatic heterocycles. The van der Waals surface area contributed by atoms with Crippen LogP contribution < -0.4 is 4.74 Å². The number of hydrogen-bond donors (Lipinski definition) is 0. The molecular weight excluding hydrogens is 336 g/mol. The largest absolute Gasteiger partial charge is 0.496 e. The lowest BCUT2D eigenvalue weighted by atomic mass is 9.96. The Balaban J connectivity index is 1.78. The van der Waals surface area contributed by atoms with E-state index in [0.29, 0.717) is 5.92 Å². The van der Waals surface area contributed by atoms with Gasteiger partial charge in [0, 0.05) is 0 Å². The second-order valence-electron chi connectivity index (χ2n) is 5.24. The van der Waals surface area contributed by atoms with Crippen LogP contribution in [0.15, 0.2) is 46.9 Å². The molecule has 1 aliphatic rings. The van der Waals surface area contributed by atoms with E-state index in [9.17, 15) is 0 Å². The monoisotopic (exact) mass is 350 g/mol. The molecule has 0 amide bonds. The third-order valence-electron chi connectivity index (χ3n) is 3.96. The van der Waals surface area contributed by atoms with Crippen molar-refractivity contribution in [1.29, 1.82) is 0 Å². The first-order chi connectivity index (χ1) is 9.69. The van der Waals surface area contributed by atoms with Gasteiger partial charge >= 0.3 is 0 Å². The summed E-state index contributed by atoms with van der Waals surface area (Å²) in [6.45, 7) is 0. The Morgan fingerprint density at radius 1 is 1.25 bits per heavy atom. The summed E-state index contributed by atoms with van der Waals surface area (Å²) >= 11 is 10.2. The average Bonchev–Trinajstić information content (AvgIpc) is 2.76. The molecule has 0 aromatic heterocycles. The van der Waals surface area contributed by atoms with Crippen LogP contribution in [0.5, 0.6) is 5.75 Å². The lowest BCUT2D eigenvalue weighted by Crippen LogP contribution is -2.06. The molecule has 0 radical (unpaired) electrons. The second-order valence-corrected chi connectivity index (χ2v) is 6.56. The first kappa shape index (κ1) is 14.0. The summed E-state index contributed by atoms with van der Waals surface area (Å²) in [4.78, 5) is 0. The number of hydrogen-bond acceptors (Lipinski definition) is 1. The number of fused-ring (bicyclic) bond motifs is 1. The Bertz CT molecular complexity index is 626. The molecule has 3 heteroatoms. The molecule has 1 nitrogen and oxygen atoms in total. The lowest BCUT2D eigenvalue weighted by Gasteiger charge is -2.15. The van der Waals surface area contributed by atoms with Crippen molar-refractivity contribution in [1.82, 2.24) is 0 Å². The Labute approximate surface area is 133 Å². The van der Waals surface area contributed by atoms with Crippen molar-refractivity contribution in [2.24, 2.45) is 5.92 Å². The van der Waals surface area contributed by atoms with Crippen LogP contribution in [0, 0.1) is 5.92 Å². The molecule has 0 fully saturated rings. The standard InChI is InChI=1S/C17H16BrClO/c1-20-16-7-6-11(9-15(16)18)8-13-10-12-4-2-3-5-14(12)17(13)19/h2-7,9,13,17H,8,10H2,1H3. The second kappa shape index (κ2) is 5.79. The van der Waals surface area contributed by atoms with Gasteiger partial charge in [-0.25, -0.2) is 0 Å². The van der Waals surface area contributed by atoms with Crippen LogP contribution in [0.25, 0.3) is 0 Å². The molecule has 2 atom stereocenters. The maximum atomic E-state index is 6.62. The van der Waals surface area contributed by atoms with Gasteiger partial charge in [-0.15, -0.1) is 11.6 Å². The third-order valence-corrected chi connectivity index (χ3v) is 5.17. The Morgan fingerprint density at radius 2 is 2.05 bits per heavy atom. The van der Waals surface area contributed by atoms with E-state index in [1.54, 1.807) is 7.11 Å². The fourth-order valence-electron chi connectivity index (χ4n) is 2.94. The molecule has 2 aromatic rings. The summed E-state index contributed by atoms with van der Waals surface area (Å²) in [5.41, 5.74) is 3.98. The van der Waals surface area contributed by atoms with Crippen LogP contribution in [-0.2, 0) is 12.8 Å². The molecule has 104 valence electrons. The van der Waals surface area contributed by atoms with Crippen molar-refractivity contribution < 1.29 is 4.74 Å². The molecule has 2 aromatic carbocycles. The quantitative estimate of drug-likeness (QED) is 0.695. The Hall–Kier alpha value is -0.990. The summed E-state index contributed by atoms with van der Waals surface area (Å²) in [5, 5.41) is 0.118. The van der Waals surface area contributed by atoms with E-state index >= 15 is 0 Å². The maximum absolute atomic E-state index is 6.62. The number of alkyl halides is 1. The highest BCUT2D eigenvalue weighted by Gasteiger charge is 2.30. The van der Waals surface area contributed by atoms with E-state index in [1.165, 1.54) is 16.7 Å². The molecule has 20 heavy (non-hydrogen) atoms. The molecule has 0 N–H and O–H groups in total. The highest BCUT2D eigenvalue weighted by atomic mass is 79.9. The number of halogens is 2. The molecule has 0 saturated carbocycles. The molecule has 0 spiro atoms. The highest BCUT2D eigenvalue weighted by molar-refractivity contribution is 9.10. The summed E-state index contributed by atoms with van der Waals surface area (Å²) in [5.74, 6) is 1.33. The van der Waals surface area contributed by atoms with E-state index in [4.69, 9.17) is 16.3 Å². The van der Waals surface area contributed by atoms with Crippen LogP contribution in [0.1, 0.15) is 22.1 Å². The van der Waals surface area contributed by atoms with Gasteiger partial charge in [-0.05, 0) is 63.5 Å². The molecule has 1 aliphatic carbocycles. The van der Waals surface area contributed by atoms with E-state index in [1.807, 2.05) is 6.07 Å². The smallest absolute Gasteiger partial charge is 0.133 e. The Morgan fingerprint density at radius 3 is 2.75 bits per heavy atom. The average molecular weight is 352 g/mol. The van der Waals surface area contributed by atoms with E-state index in [-0.39, 0.29) is 5.38 Å². The summed E-state index contributed by atoms with van der Waals surface area (Å²) in [6.07, 6.45) is 2.05. The van der Waals surface area contributed by atoms with Crippen LogP contribution in [0.2, 0.25) is 0 Å². The fourth-order valence-corrected chi connectivity index (χ4v) is 3.92. The molecule has 0 bridgehead atoms. The van der Waals surface area contributed by atoms with Crippen molar-refractivity contribution in [3.8, 4) is 5.75 Å². The zero-order chi connectivity index (χ0) is 14.1. The van der Waals surface area contributed by atoms with Gasteiger partial charge in [0.2, 0.25) is 0 Å². The summed E-state index contributed by atoms with van der Waals surface area (Å²) in [6, 6.07) is 14.8. The predicted molar refractivity (Wildman–Crippen MR) is 86.6 cm³/mol. The Kier molecular flexibility index (Phi) is 4.04. The van der Waals surface area contributed by atoms with E-state index < -0.39 is 0 Å². The first-order valence-electron chi connectivity index (χ1n) is 6.73. The lowest BCUT2D eigenvalue weighted by molar-refractivity contribution is 0.411. The van der Waals surface area contributed by atoms with Crippen LogP contribution in [0.4, 0.5) is 0 Å². The highest BCUT2D eigenvalue weighted by Crippen LogP contribution is 2.42. The van der Waals surface area contributed by atoms with Gasteiger partial charge in [-0.3, -0.25) is 0 Å². The van der Waals surface area contributed by atoms with E-state index in [2.05, 4.69) is 52.3 Å². The van der Waals surface area contributed by atoms with Crippen molar-refractivity contribution in [2.75, 3.05) is 7.11 Å². The third kappa shape index (κ3) is 2.59. The van der Waals surface area contributed by atoms with Gasteiger partial charge in [0.1, 0.15) is 5.75 Å². The van der Waals surface area contributed by atoms with Crippen molar-refractivity contribution in [3.05, 3.63) is 63.6 Å². The number of benzene rings is 2. The van der Waals surface area contributed by atoms with Gasteiger partial charge < -0.3 is 4.74 Å². The number of ether oxygens (including phenoxy) is 1. The van der Waals surface area contributed by atoms with Gasteiger partial charge in [0.05, 0.1) is 17.0 Å². The van der Waals surface area contributed by atoms with Crippen molar-refractivity contribution >= 4 is 27.5 Å². The molecule has 2 unspecified atom stereocenters. The van der Waals surface area contributed by atoms with Crippen molar-refractivity contribution in [2.45, 2.75) is 18.2 Å². The molecule has 0 heterocycles. The van der Waals surface area contributed by atoms with Gasteiger partial charge in [-0.1, -0.05) is 30.3 Å². The first-order valence-corrected chi connectivity index (χ1v) is 7.96. The summed E-state index contributed by atoms with van der Waals surface area (Å²) < 4.78 is 6.27. The number of methoxy groups -OCH3 is 1. The van der Waals surface area contributed by atoms with Gasteiger partial charge in [-0.2, -0.15) is 0 Å². The zero-order valence-corrected chi connectivity index (χ0v) is 13.6. The summed E-state index contributed by atoms with van der Waals surface area (Å²) in [7, 11) is 1.68. The zero-order valence-electron chi connectivity index (χ0n) is 11.3. The maximum Gasteiger partial charge on any atom is 0.133 e. The van der Waals surface area contributed by atoms with Gasteiger partial charge in [0.25, 0.3) is 0 Å².